The highest BCUT2D eigenvalue weighted by molar-refractivity contribution is 6.34. The van der Waals surface area contributed by atoms with Crippen LogP contribution in [0, 0.1) is 0 Å². The Hall–Kier alpha value is -4.49. The van der Waals surface area contributed by atoms with E-state index in [2.05, 4.69) is 0 Å². The molecule has 1 amide bonds. The van der Waals surface area contributed by atoms with E-state index in [0.717, 1.165) is 35.3 Å². The van der Waals surface area contributed by atoms with Crippen molar-refractivity contribution < 1.29 is 28.9 Å². The number of ether oxygens (including phenoxy) is 3. The fourth-order valence-corrected chi connectivity index (χ4v) is 4.87. The summed E-state index contributed by atoms with van der Waals surface area (Å²) in [6, 6.07) is 25.5. The smallest absolute Gasteiger partial charge is 0.336 e. The molecule has 4 aromatic carbocycles. The molecular weight excluding hydrogens is 542 g/mol. The van der Waals surface area contributed by atoms with E-state index in [9.17, 15) is 14.7 Å². The number of aromatic carboxylic acids is 1. The molecule has 0 aliphatic carbocycles. The van der Waals surface area contributed by atoms with Crippen LogP contribution in [0.2, 0.25) is 5.02 Å². The number of carboxylic acid groups (broad SMARTS) is 1. The molecule has 41 heavy (non-hydrogen) atoms. The normalized spacial score (nSPS) is 10.6. The largest absolute Gasteiger partial charge is 0.497 e. The third kappa shape index (κ3) is 7.18. The minimum absolute atomic E-state index is 0.231. The third-order valence-corrected chi connectivity index (χ3v) is 7.15. The summed E-state index contributed by atoms with van der Waals surface area (Å²) in [5, 5.41) is 9.85. The van der Waals surface area contributed by atoms with Crippen molar-refractivity contribution in [2.24, 2.45) is 0 Å². The van der Waals surface area contributed by atoms with Crippen LogP contribution in [0.3, 0.4) is 0 Å². The number of hydrogen-bond acceptors (Lipinski definition) is 5. The van der Waals surface area contributed by atoms with Crippen molar-refractivity contribution in [2.75, 3.05) is 27.9 Å². The lowest BCUT2D eigenvalue weighted by Gasteiger charge is -2.24. The van der Waals surface area contributed by atoms with Crippen molar-refractivity contribution in [2.45, 2.75) is 19.4 Å². The summed E-state index contributed by atoms with van der Waals surface area (Å²) in [6.45, 7) is 0.826. The van der Waals surface area contributed by atoms with Crippen molar-refractivity contribution in [1.82, 2.24) is 4.90 Å². The molecule has 0 aliphatic rings. The van der Waals surface area contributed by atoms with Gasteiger partial charge in [-0.3, -0.25) is 4.79 Å². The molecular formula is C33H32ClNO6. The molecule has 0 aromatic heterocycles. The van der Waals surface area contributed by atoms with Crippen LogP contribution in [0.15, 0.2) is 84.9 Å². The van der Waals surface area contributed by atoms with Gasteiger partial charge in [0.05, 0.1) is 37.5 Å². The maximum Gasteiger partial charge on any atom is 0.336 e. The molecule has 7 nitrogen and oxygen atoms in total. The van der Waals surface area contributed by atoms with Crippen molar-refractivity contribution >= 4 is 23.5 Å². The van der Waals surface area contributed by atoms with E-state index in [1.54, 1.807) is 42.3 Å². The van der Waals surface area contributed by atoms with E-state index in [4.69, 9.17) is 25.8 Å². The van der Waals surface area contributed by atoms with Gasteiger partial charge in [-0.2, -0.15) is 0 Å². The van der Waals surface area contributed by atoms with Gasteiger partial charge in [-0.1, -0.05) is 66.2 Å². The number of halogens is 1. The Kier molecular flexibility index (Phi) is 9.87. The molecule has 0 aliphatic heterocycles. The molecule has 4 rings (SSSR count). The monoisotopic (exact) mass is 573 g/mol. The Morgan fingerprint density at radius 2 is 1.41 bits per heavy atom. The number of rotatable bonds is 12. The van der Waals surface area contributed by atoms with E-state index < -0.39 is 5.97 Å². The minimum Gasteiger partial charge on any atom is -0.497 e. The summed E-state index contributed by atoms with van der Waals surface area (Å²) >= 11 is 6.52. The molecule has 0 heterocycles. The lowest BCUT2D eigenvalue weighted by Crippen LogP contribution is -2.32. The number of hydrogen-bond donors (Lipinski definition) is 1. The average Bonchev–Trinajstić information content (AvgIpc) is 3.00. The van der Waals surface area contributed by atoms with Crippen LogP contribution in [0.1, 0.15) is 38.3 Å². The Bertz CT molecular complexity index is 1500. The van der Waals surface area contributed by atoms with Crippen LogP contribution in [-0.2, 0) is 13.0 Å². The molecule has 0 radical (unpaired) electrons. The number of carbonyl (C=O) groups excluding carboxylic acids is 1. The Balaban J connectivity index is 1.58. The first-order chi connectivity index (χ1) is 19.8. The maximum absolute atomic E-state index is 13.8. The first kappa shape index (κ1) is 29.5. The molecule has 4 aromatic rings. The minimum atomic E-state index is -0.981. The zero-order chi connectivity index (χ0) is 29.4. The van der Waals surface area contributed by atoms with Gasteiger partial charge >= 0.3 is 5.97 Å². The summed E-state index contributed by atoms with van der Waals surface area (Å²) < 4.78 is 16.0. The molecule has 8 heteroatoms. The molecule has 0 saturated heterocycles. The quantitative estimate of drug-likeness (QED) is 0.196. The zero-order valence-corrected chi connectivity index (χ0v) is 24.0. The number of carboxylic acids is 1. The van der Waals surface area contributed by atoms with Gasteiger partial charge in [-0.05, 0) is 59.4 Å². The summed E-state index contributed by atoms with van der Waals surface area (Å²) in [5.41, 5.74) is 4.02. The predicted octanol–water partition coefficient (Wildman–Crippen LogP) is 7.01. The number of amides is 1. The van der Waals surface area contributed by atoms with Crippen LogP contribution < -0.4 is 14.2 Å². The standard InChI is InChI=1S/C33H32ClNO6/c1-39-25-16-12-22(13-17-25)7-6-18-35(32(36)28-19-30(40-2)31(41-3)20-29(28)34)21-23-10-14-24(15-11-23)26-8-4-5-9-27(26)33(37)38/h4-5,8-17,19-20H,6-7,18,21H2,1-3H3,(H,37,38). The number of benzene rings is 4. The van der Waals surface area contributed by atoms with Gasteiger partial charge in [0.15, 0.2) is 11.5 Å². The van der Waals surface area contributed by atoms with Crippen LogP contribution in [0.5, 0.6) is 17.2 Å². The van der Waals surface area contributed by atoms with Crippen LogP contribution in [-0.4, -0.2) is 49.8 Å². The SMILES string of the molecule is COc1ccc(CCCN(Cc2ccc(-c3ccccc3C(=O)O)cc2)C(=O)c2cc(OC)c(OC)cc2Cl)cc1. The van der Waals surface area contributed by atoms with Crippen molar-refractivity contribution in [1.29, 1.82) is 0 Å². The molecule has 0 atom stereocenters. The lowest BCUT2D eigenvalue weighted by molar-refractivity contribution is 0.0696. The molecule has 0 saturated carbocycles. The Morgan fingerprint density at radius 3 is 2.05 bits per heavy atom. The Labute approximate surface area is 244 Å². The third-order valence-electron chi connectivity index (χ3n) is 6.84. The summed E-state index contributed by atoms with van der Waals surface area (Å²) in [4.78, 5) is 27.3. The summed E-state index contributed by atoms with van der Waals surface area (Å²) in [5.74, 6) is 0.441. The predicted molar refractivity (Wildman–Crippen MR) is 159 cm³/mol. The van der Waals surface area contributed by atoms with Gasteiger partial charge in [0.25, 0.3) is 5.91 Å². The topological polar surface area (TPSA) is 85.3 Å². The summed E-state index contributed by atoms with van der Waals surface area (Å²) in [7, 11) is 4.66. The lowest BCUT2D eigenvalue weighted by atomic mass is 9.98. The second kappa shape index (κ2) is 13.7. The van der Waals surface area contributed by atoms with E-state index in [-0.39, 0.29) is 16.5 Å². The molecule has 212 valence electrons. The first-order valence-corrected chi connectivity index (χ1v) is 13.5. The highest BCUT2D eigenvalue weighted by Gasteiger charge is 2.22. The van der Waals surface area contributed by atoms with Crippen molar-refractivity contribution in [3.63, 3.8) is 0 Å². The first-order valence-electron chi connectivity index (χ1n) is 13.1. The molecule has 0 spiro atoms. The van der Waals surface area contributed by atoms with Crippen molar-refractivity contribution in [3.8, 4) is 28.4 Å². The van der Waals surface area contributed by atoms with Gasteiger partial charge in [-0.25, -0.2) is 4.79 Å². The van der Waals surface area contributed by atoms with Gasteiger partial charge in [0, 0.05) is 19.2 Å². The second-order valence-electron chi connectivity index (χ2n) is 9.41. The Morgan fingerprint density at radius 1 is 0.780 bits per heavy atom. The van der Waals surface area contributed by atoms with E-state index in [1.807, 2.05) is 54.6 Å². The van der Waals surface area contributed by atoms with Crippen LogP contribution in [0.25, 0.3) is 11.1 Å². The van der Waals surface area contributed by atoms with Gasteiger partial charge in [0.1, 0.15) is 5.75 Å². The van der Waals surface area contributed by atoms with Crippen LogP contribution >= 0.6 is 11.6 Å². The molecule has 1 N–H and O–H groups in total. The highest BCUT2D eigenvalue weighted by atomic mass is 35.5. The highest BCUT2D eigenvalue weighted by Crippen LogP contribution is 2.34. The molecule has 0 unspecified atom stereocenters. The van der Waals surface area contributed by atoms with Gasteiger partial charge in [-0.15, -0.1) is 0 Å². The zero-order valence-electron chi connectivity index (χ0n) is 23.2. The number of aryl methyl sites for hydroxylation is 1. The van der Waals surface area contributed by atoms with Crippen LogP contribution in [0.4, 0.5) is 0 Å². The van der Waals surface area contributed by atoms with E-state index in [0.29, 0.717) is 35.7 Å². The number of nitrogens with zero attached hydrogens (tertiary/aromatic N) is 1. The van der Waals surface area contributed by atoms with E-state index in [1.165, 1.54) is 14.2 Å². The molecule has 0 bridgehead atoms. The fraction of sp³-hybridized carbons (Fsp3) is 0.212. The fourth-order valence-electron chi connectivity index (χ4n) is 4.64. The number of methoxy groups -OCH3 is 3. The van der Waals surface area contributed by atoms with E-state index >= 15 is 0 Å². The average molecular weight is 574 g/mol. The van der Waals surface area contributed by atoms with Gasteiger partial charge in [0.2, 0.25) is 0 Å². The van der Waals surface area contributed by atoms with Gasteiger partial charge < -0.3 is 24.2 Å². The summed E-state index contributed by atoms with van der Waals surface area (Å²) in [6.07, 6.45) is 1.51. The van der Waals surface area contributed by atoms with Crippen molar-refractivity contribution in [3.05, 3.63) is 112 Å². The maximum atomic E-state index is 13.8. The second-order valence-corrected chi connectivity index (χ2v) is 9.82. The molecule has 0 fully saturated rings. The number of carbonyl (C=O) groups is 2.